The summed E-state index contributed by atoms with van der Waals surface area (Å²) in [6, 6.07) is 0.694. The Labute approximate surface area is 186 Å². The van der Waals surface area contributed by atoms with Gasteiger partial charge in [-0.05, 0) is 75.0 Å². The minimum atomic E-state index is 0.152. The molecule has 0 aromatic carbocycles. The normalized spacial score (nSPS) is 32.4. The number of pyridine rings is 1. The van der Waals surface area contributed by atoms with Crippen LogP contribution >= 0.6 is 0 Å². The number of nitrogens with zero attached hydrogens (tertiary/aromatic N) is 3. The van der Waals surface area contributed by atoms with Gasteiger partial charge in [0.2, 0.25) is 6.41 Å². The molecule has 0 radical (unpaired) electrons. The number of aromatic nitrogens is 1. The third kappa shape index (κ3) is 3.97. The van der Waals surface area contributed by atoms with E-state index in [4.69, 9.17) is 9.72 Å². The SMILES string of the molecule is Cc1c(CN(C=O)C2CC2CO)nc(N2CCC(OCC3(C)CC3)C3CC32)c(C)c1C. The van der Waals surface area contributed by atoms with Crippen molar-refractivity contribution in [1.29, 1.82) is 0 Å². The van der Waals surface area contributed by atoms with Gasteiger partial charge >= 0.3 is 0 Å². The number of amides is 1. The van der Waals surface area contributed by atoms with Gasteiger partial charge in [-0.25, -0.2) is 4.98 Å². The van der Waals surface area contributed by atoms with Crippen LogP contribution in [0.5, 0.6) is 0 Å². The maximum absolute atomic E-state index is 11.7. The molecular formula is C25H37N3O3. The monoisotopic (exact) mass is 427 g/mol. The molecule has 1 aromatic heterocycles. The van der Waals surface area contributed by atoms with Crippen molar-refractivity contribution >= 4 is 12.2 Å². The van der Waals surface area contributed by atoms with E-state index < -0.39 is 0 Å². The molecule has 4 aliphatic rings. The molecule has 1 aliphatic heterocycles. The minimum absolute atomic E-state index is 0.152. The van der Waals surface area contributed by atoms with Gasteiger partial charge in [-0.3, -0.25) is 4.79 Å². The summed E-state index contributed by atoms with van der Waals surface area (Å²) in [5.41, 5.74) is 5.15. The number of carbonyl (C=O) groups is 1. The molecule has 31 heavy (non-hydrogen) atoms. The fraction of sp³-hybridized carbons (Fsp3) is 0.760. The first kappa shape index (κ1) is 21.2. The highest BCUT2D eigenvalue weighted by Crippen LogP contribution is 2.50. The molecule has 170 valence electrons. The predicted octanol–water partition coefficient (Wildman–Crippen LogP) is 3.13. The number of piperidine rings is 1. The third-order valence-electron chi connectivity index (χ3n) is 8.51. The molecule has 3 aliphatic carbocycles. The Hall–Kier alpha value is -1.66. The number of aliphatic hydroxyl groups is 1. The Balaban J connectivity index is 1.31. The van der Waals surface area contributed by atoms with Gasteiger partial charge in [0, 0.05) is 37.1 Å². The second kappa shape index (κ2) is 7.73. The van der Waals surface area contributed by atoms with E-state index in [2.05, 4.69) is 32.6 Å². The highest BCUT2D eigenvalue weighted by atomic mass is 16.5. The van der Waals surface area contributed by atoms with E-state index >= 15 is 0 Å². The number of carbonyl (C=O) groups excluding carboxylic acids is 1. The largest absolute Gasteiger partial charge is 0.396 e. The first-order chi connectivity index (χ1) is 14.8. The second-order valence-electron chi connectivity index (χ2n) is 10.9. The zero-order valence-electron chi connectivity index (χ0n) is 19.4. The Morgan fingerprint density at radius 3 is 2.65 bits per heavy atom. The topological polar surface area (TPSA) is 65.9 Å². The summed E-state index contributed by atoms with van der Waals surface area (Å²) in [5.74, 6) is 1.95. The summed E-state index contributed by atoms with van der Waals surface area (Å²) >= 11 is 0. The summed E-state index contributed by atoms with van der Waals surface area (Å²) in [5, 5.41) is 9.40. The van der Waals surface area contributed by atoms with E-state index in [1.54, 1.807) is 0 Å². The molecule has 3 saturated carbocycles. The summed E-state index contributed by atoms with van der Waals surface area (Å²) < 4.78 is 6.35. The van der Waals surface area contributed by atoms with E-state index in [0.29, 0.717) is 30.0 Å². The molecule has 4 fully saturated rings. The number of ether oxygens (including phenoxy) is 1. The van der Waals surface area contributed by atoms with Crippen LogP contribution in [0, 0.1) is 38.0 Å². The molecule has 1 amide bonds. The van der Waals surface area contributed by atoms with Crippen LogP contribution in [0.2, 0.25) is 0 Å². The van der Waals surface area contributed by atoms with Crippen LogP contribution in [0.1, 0.15) is 61.4 Å². The van der Waals surface area contributed by atoms with Crippen molar-refractivity contribution in [2.75, 3.05) is 24.7 Å². The number of fused-ring (bicyclic) bond motifs is 1. The van der Waals surface area contributed by atoms with Gasteiger partial charge in [-0.1, -0.05) is 6.92 Å². The van der Waals surface area contributed by atoms with E-state index in [0.717, 1.165) is 43.9 Å². The van der Waals surface area contributed by atoms with Crippen LogP contribution in [0.4, 0.5) is 5.82 Å². The Kier molecular flexibility index (Phi) is 5.29. The number of aliphatic hydroxyl groups excluding tert-OH is 1. The minimum Gasteiger partial charge on any atom is -0.396 e. The number of rotatable bonds is 9. The lowest BCUT2D eigenvalue weighted by atomic mass is 10.0. The van der Waals surface area contributed by atoms with Crippen LogP contribution in [0.3, 0.4) is 0 Å². The first-order valence-electron chi connectivity index (χ1n) is 12.0. The van der Waals surface area contributed by atoms with Crippen molar-refractivity contribution in [3.63, 3.8) is 0 Å². The average Bonchev–Trinajstić information content (AvgIpc) is 3.64. The number of hydrogen-bond donors (Lipinski definition) is 1. The van der Waals surface area contributed by atoms with Crippen LogP contribution in [-0.4, -0.2) is 59.3 Å². The van der Waals surface area contributed by atoms with Crippen LogP contribution < -0.4 is 4.90 Å². The molecular weight excluding hydrogens is 390 g/mol. The fourth-order valence-electron chi connectivity index (χ4n) is 5.37. The maximum atomic E-state index is 11.7. The van der Waals surface area contributed by atoms with Crippen LogP contribution in [0.15, 0.2) is 0 Å². The standard InChI is InChI=1S/C25H37N3O3/c1-15-16(2)20(11-27(14-30)21-9-18(21)12-29)26-24(17(15)3)28-8-5-23(19-10-22(19)28)31-13-25(4)6-7-25/h14,18-19,21-23,29H,5-13H2,1-4H3. The van der Waals surface area contributed by atoms with Gasteiger partial charge in [0.1, 0.15) is 5.82 Å². The van der Waals surface area contributed by atoms with Crippen molar-refractivity contribution in [3.8, 4) is 0 Å². The Bertz CT molecular complexity index is 868. The summed E-state index contributed by atoms with van der Waals surface area (Å²) in [7, 11) is 0. The molecule has 6 nitrogen and oxygen atoms in total. The summed E-state index contributed by atoms with van der Waals surface area (Å²) in [6.45, 7) is 11.4. The predicted molar refractivity (Wildman–Crippen MR) is 120 cm³/mol. The molecule has 5 unspecified atom stereocenters. The van der Waals surface area contributed by atoms with Gasteiger partial charge in [-0.2, -0.15) is 0 Å². The lowest BCUT2D eigenvalue weighted by Gasteiger charge is -2.34. The van der Waals surface area contributed by atoms with Gasteiger partial charge in [0.05, 0.1) is 24.9 Å². The van der Waals surface area contributed by atoms with Crippen molar-refractivity contribution in [2.45, 2.75) is 84.5 Å². The molecule has 5 rings (SSSR count). The summed E-state index contributed by atoms with van der Waals surface area (Å²) in [4.78, 5) is 21.2. The van der Waals surface area contributed by atoms with Crippen LogP contribution in [-0.2, 0) is 16.1 Å². The molecule has 1 aromatic rings. The van der Waals surface area contributed by atoms with Crippen molar-refractivity contribution < 1.29 is 14.6 Å². The number of hydrogen-bond acceptors (Lipinski definition) is 5. The second-order valence-corrected chi connectivity index (χ2v) is 10.9. The Morgan fingerprint density at radius 2 is 2.00 bits per heavy atom. The van der Waals surface area contributed by atoms with E-state index in [-0.39, 0.29) is 18.6 Å². The average molecular weight is 428 g/mol. The molecule has 0 bridgehead atoms. The van der Waals surface area contributed by atoms with E-state index in [9.17, 15) is 9.90 Å². The van der Waals surface area contributed by atoms with E-state index in [1.165, 1.54) is 36.0 Å². The highest BCUT2D eigenvalue weighted by Gasteiger charge is 2.52. The van der Waals surface area contributed by atoms with E-state index in [1.807, 2.05) is 4.90 Å². The van der Waals surface area contributed by atoms with Crippen LogP contribution in [0.25, 0.3) is 0 Å². The third-order valence-corrected chi connectivity index (χ3v) is 8.51. The quantitative estimate of drug-likeness (QED) is 0.614. The molecule has 1 N–H and O–H groups in total. The molecule has 6 heteroatoms. The molecule has 5 atom stereocenters. The highest BCUT2D eigenvalue weighted by molar-refractivity contribution is 5.57. The van der Waals surface area contributed by atoms with Crippen molar-refractivity contribution in [2.24, 2.45) is 17.3 Å². The lowest BCUT2D eigenvalue weighted by Crippen LogP contribution is -2.40. The smallest absolute Gasteiger partial charge is 0.210 e. The van der Waals surface area contributed by atoms with Crippen molar-refractivity contribution in [3.05, 3.63) is 22.4 Å². The van der Waals surface area contributed by atoms with Crippen molar-refractivity contribution in [1.82, 2.24) is 9.88 Å². The van der Waals surface area contributed by atoms with Gasteiger partial charge < -0.3 is 19.6 Å². The molecule has 2 heterocycles. The van der Waals surface area contributed by atoms with Gasteiger partial charge in [-0.15, -0.1) is 0 Å². The zero-order chi connectivity index (χ0) is 21.9. The Morgan fingerprint density at radius 1 is 1.23 bits per heavy atom. The lowest BCUT2D eigenvalue weighted by molar-refractivity contribution is -0.119. The number of anilines is 1. The maximum Gasteiger partial charge on any atom is 0.210 e. The fourth-order valence-corrected chi connectivity index (χ4v) is 5.37. The molecule has 1 saturated heterocycles. The first-order valence-corrected chi connectivity index (χ1v) is 12.0. The summed E-state index contributed by atoms with van der Waals surface area (Å²) in [6.07, 6.45) is 7.12. The zero-order valence-corrected chi connectivity index (χ0v) is 19.4. The van der Waals surface area contributed by atoms with Gasteiger partial charge in [0.15, 0.2) is 0 Å². The van der Waals surface area contributed by atoms with Gasteiger partial charge in [0.25, 0.3) is 0 Å². The molecule has 0 spiro atoms.